The van der Waals surface area contributed by atoms with Gasteiger partial charge in [-0.2, -0.15) is 0 Å². The number of ketones is 1. The highest BCUT2D eigenvalue weighted by Crippen LogP contribution is 2.40. The molecular weight excluding hydrogens is 508 g/mol. The van der Waals surface area contributed by atoms with Gasteiger partial charge in [-0.3, -0.25) is 4.79 Å². The van der Waals surface area contributed by atoms with Gasteiger partial charge < -0.3 is 29.9 Å². The molecule has 0 fully saturated rings. The van der Waals surface area contributed by atoms with Gasteiger partial charge in [0.1, 0.15) is 17.8 Å². The number of Topliss-reactive ketones (excluding diaryl/α,β-unsaturated/α-hetero) is 1. The number of methoxy groups -OCH3 is 1. The third-order valence-electron chi connectivity index (χ3n) is 8.56. The van der Waals surface area contributed by atoms with Gasteiger partial charge in [0.15, 0.2) is 11.4 Å². The fraction of sp³-hybridized carbons (Fsp3) is 0.970. The third-order valence-corrected chi connectivity index (χ3v) is 8.56. The molecule has 0 aliphatic heterocycles. The first-order valence-corrected chi connectivity index (χ1v) is 16.6. The molecule has 0 rings (SSSR count). The minimum absolute atomic E-state index is 0.136. The minimum Gasteiger partial charge on any atom is -0.396 e. The highest BCUT2D eigenvalue weighted by atomic mass is 16.6. The van der Waals surface area contributed by atoms with Crippen molar-refractivity contribution in [3.05, 3.63) is 0 Å². The van der Waals surface area contributed by atoms with Crippen molar-refractivity contribution in [2.24, 2.45) is 0 Å². The van der Waals surface area contributed by atoms with Crippen molar-refractivity contribution in [2.75, 3.05) is 26.9 Å². The number of aliphatic hydroxyl groups is 4. The summed E-state index contributed by atoms with van der Waals surface area (Å²) < 4.78 is 12.2. The van der Waals surface area contributed by atoms with Crippen molar-refractivity contribution in [2.45, 2.75) is 179 Å². The van der Waals surface area contributed by atoms with Crippen LogP contribution in [0.15, 0.2) is 0 Å². The van der Waals surface area contributed by atoms with Gasteiger partial charge in [0, 0.05) is 26.7 Å². The molecule has 7 heteroatoms. The van der Waals surface area contributed by atoms with Crippen molar-refractivity contribution >= 4 is 5.78 Å². The van der Waals surface area contributed by atoms with E-state index in [2.05, 4.69) is 13.8 Å². The lowest BCUT2D eigenvalue weighted by Crippen LogP contribution is -2.68. The zero-order valence-electron chi connectivity index (χ0n) is 26.6. The van der Waals surface area contributed by atoms with Crippen molar-refractivity contribution in [1.29, 1.82) is 0 Å². The van der Waals surface area contributed by atoms with E-state index in [0.717, 1.165) is 38.5 Å². The normalized spacial score (nSPS) is 16.4. The molecule has 0 spiro atoms. The molecule has 7 nitrogen and oxygen atoms in total. The number of carbonyl (C=O) groups is 1. The summed E-state index contributed by atoms with van der Waals surface area (Å²) in [5.41, 5.74) is -3.14. The van der Waals surface area contributed by atoms with Crippen molar-refractivity contribution in [1.82, 2.24) is 0 Å². The van der Waals surface area contributed by atoms with Gasteiger partial charge in [-0.15, -0.1) is 0 Å². The summed E-state index contributed by atoms with van der Waals surface area (Å²) in [6, 6.07) is 0. The molecule has 40 heavy (non-hydrogen) atoms. The average Bonchev–Trinajstić information content (AvgIpc) is 2.96. The molecular formula is C33H66O7. The molecule has 0 aromatic heterocycles. The van der Waals surface area contributed by atoms with Crippen LogP contribution < -0.4 is 0 Å². The van der Waals surface area contributed by atoms with Crippen LogP contribution in [0.1, 0.15) is 156 Å². The van der Waals surface area contributed by atoms with Crippen LogP contribution in [-0.2, 0) is 14.3 Å². The number of ether oxygens (including phenoxy) is 2. The van der Waals surface area contributed by atoms with Crippen LogP contribution in [-0.4, -0.2) is 76.5 Å². The van der Waals surface area contributed by atoms with Crippen LogP contribution in [0.5, 0.6) is 0 Å². The first-order valence-electron chi connectivity index (χ1n) is 16.6. The predicted molar refractivity (Wildman–Crippen MR) is 164 cm³/mol. The van der Waals surface area contributed by atoms with E-state index in [4.69, 9.17) is 9.47 Å². The second kappa shape index (κ2) is 25.0. The van der Waals surface area contributed by atoms with Crippen molar-refractivity contribution < 1.29 is 34.7 Å². The largest absolute Gasteiger partial charge is 0.396 e. The molecule has 0 heterocycles. The lowest BCUT2D eigenvalue weighted by molar-refractivity contribution is -0.246. The molecule has 0 aromatic carbocycles. The topological polar surface area (TPSA) is 116 Å². The molecule has 0 aromatic rings. The Morgan fingerprint density at radius 3 is 1.57 bits per heavy atom. The Kier molecular flexibility index (Phi) is 24.6. The van der Waals surface area contributed by atoms with Crippen LogP contribution in [0, 0.1) is 0 Å². The lowest BCUT2D eigenvalue weighted by atomic mass is 9.71. The van der Waals surface area contributed by atoms with E-state index in [0.29, 0.717) is 13.0 Å². The smallest absolute Gasteiger partial charge is 0.167 e. The van der Waals surface area contributed by atoms with Crippen LogP contribution in [0.3, 0.4) is 0 Å². The zero-order chi connectivity index (χ0) is 30.1. The fourth-order valence-electron chi connectivity index (χ4n) is 5.81. The van der Waals surface area contributed by atoms with E-state index in [1.54, 1.807) is 6.92 Å². The summed E-state index contributed by atoms with van der Waals surface area (Å²) in [4.78, 5) is 13.8. The van der Waals surface area contributed by atoms with E-state index in [9.17, 15) is 25.2 Å². The first kappa shape index (κ1) is 39.4. The summed E-state index contributed by atoms with van der Waals surface area (Å²) in [5, 5.41) is 40.9. The molecule has 0 aliphatic carbocycles. The lowest BCUT2D eigenvalue weighted by Gasteiger charge is -2.49. The second-order valence-corrected chi connectivity index (χ2v) is 11.8. The van der Waals surface area contributed by atoms with Crippen LogP contribution in [0.25, 0.3) is 0 Å². The Morgan fingerprint density at radius 1 is 0.700 bits per heavy atom. The standard InChI is InChI=1S/C33H66O7/c1-5-7-9-11-13-15-16-18-20-22-27-40-32(3,31(38)29(36)28-35)33(39-4,25-23-26-34)30(37)24-21-19-17-14-12-10-8-6-2/h29,31,34-36,38H,5-28H2,1-4H3/t29?,31?,32?,33-/m0/s1. The van der Waals surface area contributed by atoms with Gasteiger partial charge in [0.2, 0.25) is 0 Å². The molecule has 0 bridgehead atoms. The molecule has 4 N–H and O–H groups in total. The maximum atomic E-state index is 13.8. The SMILES string of the molecule is CCCCCCCCCCCCOC(C)(C(O)C(O)CO)[C@@](CCCO)(OC)C(=O)CCCCCCCCCC. The summed E-state index contributed by atoms with van der Waals surface area (Å²) >= 11 is 0. The molecule has 0 saturated carbocycles. The molecule has 0 saturated heterocycles. The van der Waals surface area contributed by atoms with Gasteiger partial charge >= 0.3 is 0 Å². The van der Waals surface area contributed by atoms with E-state index in [-0.39, 0.29) is 31.7 Å². The van der Waals surface area contributed by atoms with Crippen LogP contribution in [0.2, 0.25) is 0 Å². The number of hydrogen-bond donors (Lipinski definition) is 4. The Labute approximate surface area is 246 Å². The Balaban J connectivity index is 5.24. The highest BCUT2D eigenvalue weighted by Gasteiger charge is 2.59. The maximum absolute atomic E-state index is 13.8. The maximum Gasteiger partial charge on any atom is 0.167 e. The second-order valence-electron chi connectivity index (χ2n) is 11.8. The van der Waals surface area contributed by atoms with Crippen LogP contribution >= 0.6 is 0 Å². The Morgan fingerprint density at radius 2 is 1.15 bits per heavy atom. The quantitative estimate of drug-likeness (QED) is 0.0709. The molecule has 0 amide bonds. The monoisotopic (exact) mass is 574 g/mol. The average molecular weight is 575 g/mol. The third kappa shape index (κ3) is 14.6. The Bertz CT molecular complexity index is 587. The number of unbranched alkanes of at least 4 members (excludes halogenated alkanes) is 16. The molecule has 240 valence electrons. The summed E-state index contributed by atoms with van der Waals surface area (Å²) in [7, 11) is 1.43. The van der Waals surface area contributed by atoms with Gasteiger partial charge in [-0.05, 0) is 32.6 Å². The van der Waals surface area contributed by atoms with Crippen molar-refractivity contribution in [3.63, 3.8) is 0 Å². The van der Waals surface area contributed by atoms with E-state index >= 15 is 0 Å². The summed E-state index contributed by atoms with van der Waals surface area (Å²) in [5.74, 6) is -0.191. The summed E-state index contributed by atoms with van der Waals surface area (Å²) in [6.45, 7) is 5.55. The van der Waals surface area contributed by atoms with Crippen LogP contribution in [0.4, 0.5) is 0 Å². The number of carbonyl (C=O) groups excluding carboxylic acids is 1. The number of aliphatic hydroxyl groups excluding tert-OH is 4. The number of hydrogen-bond acceptors (Lipinski definition) is 7. The van der Waals surface area contributed by atoms with Gasteiger partial charge in [-0.1, -0.05) is 117 Å². The molecule has 0 aliphatic rings. The van der Waals surface area contributed by atoms with E-state index < -0.39 is 30.0 Å². The molecule has 4 atom stereocenters. The van der Waals surface area contributed by atoms with Gasteiger partial charge in [-0.25, -0.2) is 0 Å². The predicted octanol–water partition coefficient (Wildman–Crippen LogP) is 6.65. The molecule has 3 unspecified atom stereocenters. The van der Waals surface area contributed by atoms with Gasteiger partial charge in [0.25, 0.3) is 0 Å². The minimum atomic E-state index is -1.59. The molecule has 0 radical (unpaired) electrons. The van der Waals surface area contributed by atoms with E-state index in [1.807, 2.05) is 0 Å². The van der Waals surface area contributed by atoms with Gasteiger partial charge in [0.05, 0.1) is 6.61 Å². The highest BCUT2D eigenvalue weighted by molar-refractivity contribution is 5.89. The fourth-order valence-corrected chi connectivity index (χ4v) is 5.81. The van der Waals surface area contributed by atoms with E-state index in [1.165, 1.54) is 77.7 Å². The first-order chi connectivity index (χ1) is 19.3. The zero-order valence-corrected chi connectivity index (χ0v) is 26.6. The Hall–Kier alpha value is -0.570. The number of rotatable bonds is 30. The summed E-state index contributed by atoms with van der Waals surface area (Å²) in [6.07, 6.45) is 18.3. The van der Waals surface area contributed by atoms with Crippen molar-refractivity contribution in [3.8, 4) is 0 Å².